The Hall–Kier alpha value is -0.476. The molecule has 0 bridgehead atoms. The van der Waals surface area contributed by atoms with E-state index in [2.05, 4.69) is 11.9 Å². The minimum absolute atomic E-state index is 0. The van der Waals surface area contributed by atoms with E-state index >= 15 is 0 Å². The van der Waals surface area contributed by atoms with Crippen molar-refractivity contribution in [1.82, 2.24) is 5.32 Å². The number of hydrogen-bond donors (Lipinski definition) is 1. The highest BCUT2D eigenvalue weighted by molar-refractivity contribution is 6.60. The zero-order valence-electron chi connectivity index (χ0n) is 9.54. The van der Waals surface area contributed by atoms with Gasteiger partial charge in [0.2, 0.25) is 5.91 Å². The molecule has 0 aliphatic carbocycles. The van der Waals surface area contributed by atoms with Crippen LogP contribution in [0.5, 0.6) is 0 Å². The van der Waals surface area contributed by atoms with Gasteiger partial charge in [0.1, 0.15) is 0 Å². The Bertz CT molecular complexity index is 201. The number of rotatable bonds is 8. The molecule has 0 aromatic heterocycles. The van der Waals surface area contributed by atoms with E-state index in [0.717, 1.165) is 6.42 Å². The van der Waals surface area contributed by atoms with Crippen molar-refractivity contribution in [1.29, 1.82) is 0 Å². The summed E-state index contributed by atoms with van der Waals surface area (Å²) in [5, 5.41) is 2.68. The minimum atomic E-state index is -2.48. The summed E-state index contributed by atoms with van der Waals surface area (Å²) in [5.41, 5.74) is 0. The highest BCUT2D eigenvalue weighted by atomic mass is 28.4. The van der Waals surface area contributed by atoms with Crippen molar-refractivity contribution in [3.05, 3.63) is 12.7 Å². The summed E-state index contributed by atoms with van der Waals surface area (Å²) >= 11 is 0. The van der Waals surface area contributed by atoms with Gasteiger partial charge in [0.05, 0.1) is 0 Å². The van der Waals surface area contributed by atoms with Gasteiger partial charge in [0.15, 0.2) is 0 Å². The number of nitrogens with one attached hydrogen (secondary N) is 1. The first-order valence-electron chi connectivity index (χ1n) is 4.70. The van der Waals surface area contributed by atoms with Crippen molar-refractivity contribution >= 4 is 25.7 Å². The van der Waals surface area contributed by atoms with Crippen LogP contribution in [0.2, 0.25) is 6.04 Å². The number of hydrogen-bond acceptors (Lipinski definition) is 4. The summed E-state index contributed by atoms with van der Waals surface area (Å²) in [5.74, 6) is -0.172. The first-order chi connectivity index (χ1) is 7.14. The fourth-order valence-electron chi connectivity index (χ4n) is 1.14. The molecule has 0 fully saturated rings. The summed E-state index contributed by atoms with van der Waals surface area (Å²) in [6.07, 6.45) is 2.00. The van der Waals surface area contributed by atoms with Crippen molar-refractivity contribution in [3.8, 4) is 0 Å². The third-order valence-electron chi connectivity index (χ3n) is 2.08. The third-order valence-corrected chi connectivity index (χ3v) is 4.91. The quantitative estimate of drug-likeness (QED) is 0.351. The molecule has 96 valence electrons. The lowest BCUT2D eigenvalue weighted by atomic mass is 10.4. The Morgan fingerprint density at radius 2 is 1.81 bits per heavy atom. The molecular formula is C9H23NO4Si2. The van der Waals surface area contributed by atoms with Gasteiger partial charge in [-0.3, -0.25) is 4.79 Å². The van der Waals surface area contributed by atoms with E-state index in [1.54, 1.807) is 21.3 Å². The molecule has 16 heavy (non-hydrogen) atoms. The van der Waals surface area contributed by atoms with Crippen LogP contribution in [0.4, 0.5) is 0 Å². The van der Waals surface area contributed by atoms with Crippen LogP contribution in [0.25, 0.3) is 0 Å². The van der Waals surface area contributed by atoms with E-state index in [4.69, 9.17) is 13.3 Å². The van der Waals surface area contributed by atoms with Crippen LogP contribution < -0.4 is 5.32 Å². The maximum Gasteiger partial charge on any atom is 0.500 e. The second-order valence-corrected chi connectivity index (χ2v) is 5.98. The van der Waals surface area contributed by atoms with Gasteiger partial charge >= 0.3 is 8.80 Å². The molecule has 1 amide bonds. The SMILES string of the molecule is C=CC(=O)NCCC[Si](OC)(OC)OC.[SiH4]. The Morgan fingerprint density at radius 3 is 2.19 bits per heavy atom. The number of amides is 1. The third kappa shape index (κ3) is 6.18. The molecule has 5 nitrogen and oxygen atoms in total. The first kappa shape index (κ1) is 17.9. The van der Waals surface area contributed by atoms with E-state index in [1.165, 1.54) is 6.08 Å². The maximum absolute atomic E-state index is 10.8. The first-order valence-corrected chi connectivity index (χ1v) is 6.63. The van der Waals surface area contributed by atoms with Crippen LogP contribution in [0, 0.1) is 0 Å². The minimum Gasteiger partial charge on any atom is -0.377 e. The average molecular weight is 265 g/mol. The smallest absolute Gasteiger partial charge is 0.377 e. The van der Waals surface area contributed by atoms with E-state index < -0.39 is 8.80 Å². The van der Waals surface area contributed by atoms with E-state index in [1.807, 2.05) is 0 Å². The molecule has 0 saturated heterocycles. The molecule has 0 aromatic carbocycles. The molecule has 7 heteroatoms. The zero-order chi connectivity index (χ0) is 11.7. The van der Waals surface area contributed by atoms with Gasteiger partial charge in [-0.2, -0.15) is 0 Å². The van der Waals surface area contributed by atoms with Crippen molar-refractivity contribution in [2.45, 2.75) is 12.5 Å². The van der Waals surface area contributed by atoms with Crippen LogP contribution in [0.3, 0.4) is 0 Å². The molecule has 0 aliphatic rings. The highest BCUT2D eigenvalue weighted by Gasteiger charge is 2.36. The van der Waals surface area contributed by atoms with Gasteiger partial charge < -0.3 is 18.6 Å². The second-order valence-electron chi connectivity index (χ2n) is 2.89. The summed E-state index contributed by atoms with van der Waals surface area (Å²) in [4.78, 5) is 10.8. The number of carbonyl (C=O) groups is 1. The van der Waals surface area contributed by atoms with Crippen molar-refractivity contribution in [2.24, 2.45) is 0 Å². The fourth-order valence-corrected chi connectivity index (χ4v) is 2.87. The Kier molecular flexibility index (Phi) is 10.9. The lowest BCUT2D eigenvalue weighted by Gasteiger charge is -2.24. The topological polar surface area (TPSA) is 56.8 Å². The fraction of sp³-hybridized carbons (Fsp3) is 0.667. The van der Waals surface area contributed by atoms with Gasteiger partial charge in [-0.05, 0) is 23.5 Å². The molecule has 0 unspecified atom stereocenters. The normalized spacial score (nSPS) is 10.4. The predicted molar refractivity (Wildman–Crippen MR) is 70.7 cm³/mol. The molecule has 0 heterocycles. The maximum atomic E-state index is 10.8. The second kappa shape index (κ2) is 9.73. The van der Waals surface area contributed by atoms with Crippen LogP contribution in [0.15, 0.2) is 12.7 Å². The molecular weight excluding hydrogens is 242 g/mol. The van der Waals surface area contributed by atoms with Gasteiger partial charge in [0, 0.05) is 33.9 Å². The van der Waals surface area contributed by atoms with E-state index in [9.17, 15) is 4.79 Å². The monoisotopic (exact) mass is 265 g/mol. The Balaban J connectivity index is 0. The lowest BCUT2D eigenvalue weighted by molar-refractivity contribution is -0.116. The van der Waals surface area contributed by atoms with Crippen molar-refractivity contribution in [2.75, 3.05) is 27.9 Å². The molecule has 0 saturated carbocycles. The van der Waals surface area contributed by atoms with Crippen LogP contribution in [-0.4, -0.2) is 53.6 Å². The molecule has 1 N–H and O–H groups in total. The average Bonchev–Trinajstić information content (AvgIpc) is 2.30. The highest BCUT2D eigenvalue weighted by Crippen LogP contribution is 2.14. The summed E-state index contributed by atoms with van der Waals surface area (Å²) in [6.45, 7) is 3.92. The molecule has 0 atom stereocenters. The molecule has 0 aliphatic heterocycles. The van der Waals surface area contributed by atoms with Crippen LogP contribution in [0.1, 0.15) is 6.42 Å². The lowest BCUT2D eigenvalue weighted by Crippen LogP contribution is -2.43. The largest absolute Gasteiger partial charge is 0.500 e. The standard InChI is InChI=1S/C9H19NO4Si.H4Si/c1-5-9(11)10-7-6-8-15(12-2,13-3)14-4;/h5H,1,6-8H2,2-4H3,(H,10,11);1H4. The van der Waals surface area contributed by atoms with Crippen molar-refractivity contribution in [3.63, 3.8) is 0 Å². The van der Waals surface area contributed by atoms with E-state index in [-0.39, 0.29) is 16.9 Å². The van der Waals surface area contributed by atoms with Crippen LogP contribution >= 0.6 is 0 Å². The van der Waals surface area contributed by atoms with E-state index in [0.29, 0.717) is 12.6 Å². The predicted octanol–water partition coefficient (Wildman–Crippen LogP) is -0.895. The van der Waals surface area contributed by atoms with Gasteiger partial charge in [-0.1, -0.05) is 6.58 Å². The van der Waals surface area contributed by atoms with Crippen LogP contribution in [-0.2, 0) is 18.1 Å². The molecule has 0 aromatic rings. The molecule has 0 radical (unpaired) electrons. The summed E-state index contributed by atoms with van der Waals surface area (Å²) in [6, 6.07) is 0.675. The zero-order valence-corrected chi connectivity index (χ0v) is 10.5. The molecule has 0 rings (SSSR count). The van der Waals surface area contributed by atoms with Gasteiger partial charge in [0.25, 0.3) is 0 Å². The Morgan fingerprint density at radius 1 is 1.31 bits per heavy atom. The number of carbonyl (C=O) groups excluding carboxylic acids is 1. The molecule has 0 spiro atoms. The van der Waals surface area contributed by atoms with Gasteiger partial charge in [-0.25, -0.2) is 0 Å². The van der Waals surface area contributed by atoms with Gasteiger partial charge in [-0.15, -0.1) is 0 Å². The summed E-state index contributed by atoms with van der Waals surface area (Å²) in [7, 11) is 2.24. The summed E-state index contributed by atoms with van der Waals surface area (Å²) < 4.78 is 15.7. The van der Waals surface area contributed by atoms with Crippen molar-refractivity contribution < 1.29 is 18.1 Å². The Labute approximate surface area is 103 Å².